The van der Waals surface area contributed by atoms with Crippen LogP contribution in [0.15, 0.2) is 46.2 Å². The van der Waals surface area contributed by atoms with E-state index in [4.69, 9.17) is 0 Å². The van der Waals surface area contributed by atoms with Gasteiger partial charge in [-0.1, -0.05) is 13.0 Å². The molecule has 0 unspecified atom stereocenters. The Bertz CT molecular complexity index is 1130. The van der Waals surface area contributed by atoms with Crippen molar-refractivity contribution in [2.24, 2.45) is 5.92 Å². The summed E-state index contributed by atoms with van der Waals surface area (Å²) >= 11 is 1.16. The van der Waals surface area contributed by atoms with Crippen LogP contribution in [0.5, 0.6) is 0 Å². The van der Waals surface area contributed by atoms with Gasteiger partial charge in [0.1, 0.15) is 5.82 Å². The van der Waals surface area contributed by atoms with Crippen LogP contribution in [0.4, 0.5) is 11.5 Å². The molecule has 3 heterocycles. The van der Waals surface area contributed by atoms with E-state index in [-0.39, 0.29) is 16.6 Å². The summed E-state index contributed by atoms with van der Waals surface area (Å²) < 4.78 is 28.0. The Balaban J connectivity index is 1.52. The number of carbonyl (C=O) groups is 2. The number of piperidine rings is 1. The first kappa shape index (κ1) is 21.6. The SMILES string of the molecule is Cc1cccc(NS(=O)(=O)c2ccc3c(c2)NC(=O)[C@@H](C(=O)N2CCC(C)CC2)S3)n1. The first-order valence-electron chi connectivity index (χ1n) is 10.1. The average Bonchev–Trinajstić information content (AvgIpc) is 2.72. The van der Waals surface area contributed by atoms with Gasteiger partial charge in [0.25, 0.3) is 10.0 Å². The van der Waals surface area contributed by atoms with Crippen molar-refractivity contribution in [2.45, 2.75) is 41.7 Å². The normalized spacial score (nSPS) is 19.5. The number of aromatic nitrogens is 1. The van der Waals surface area contributed by atoms with E-state index in [1.54, 1.807) is 36.1 Å². The maximum Gasteiger partial charge on any atom is 0.263 e. The summed E-state index contributed by atoms with van der Waals surface area (Å²) in [5, 5.41) is 1.85. The van der Waals surface area contributed by atoms with Crippen LogP contribution < -0.4 is 10.0 Å². The number of carbonyl (C=O) groups excluding carboxylic acids is 2. The Morgan fingerprint density at radius 2 is 1.97 bits per heavy atom. The van der Waals surface area contributed by atoms with Gasteiger partial charge in [0, 0.05) is 23.7 Å². The van der Waals surface area contributed by atoms with E-state index in [0.29, 0.717) is 35.3 Å². The zero-order valence-electron chi connectivity index (χ0n) is 17.3. The fraction of sp³-hybridized carbons (Fsp3) is 0.381. The number of anilines is 2. The van der Waals surface area contributed by atoms with Crippen LogP contribution in [-0.2, 0) is 19.6 Å². The number of fused-ring (bicyclic) bond motifs is 1. The molecule has 164 valence electrons. The monoisotopic (exact) mass is 460 g/mol. The molecule has 8 nitrogen and oxygen atoms in total. The lowest BCUT2D eigenvalue weighted by Crippen LogP contribution is -2.47. The number of likely N-dealkylation sites (tertiary alicyclic amines) is 1. The van der Waals surface area contributed by atoms with Crippen LogP contribution >= 0.6 is 11.8 Å². The molecule has 0 radical (unpaired) electrons. The Morgan fingerprint density at radius 1 is 1.23 bits per heavy atom. The second-order valence-corrected chi connectivity index (χ2v) is 10.8. The highest BCUT2D eigenvalue weighted by Gasteiger charge is 2.37. The van der Waals surface area contributed by atoms with Gasteiger partial charge >= 0.3 is 0 Å². The lowest BCUT2D eigenvalue weighted by molar-refractivity contribution is -0.135. The standard InChI is InChI=1S/C21H24N4O4S2/c1-13-8-10-25(11-9-13)21(27)19-20(26)23-16-12-15(6-7-17(16)30-19)31(28,29)24-18-5-3-4-14(2)22-18/h3-7,12-13,19H,8-11H2,1-2H3,(H,22,24)(H,23,26)/t19-/m0/s1. The summed E-state index contributed by atoms with van der Waals surface area (Å²) in [5.74, 6) is 0.187. The van der Waals surface area contributed by atoms with Crippen molar-refractivity contribution in [1.82, 2.24) is 9.88 Å². The van der Waals surface area contributed by atoms with E-state index in [9.17, 15) is 18.0 Å². The van der Waals surface area contributed by atoms with E-state index < -0.39 is 21.2 Å². The summed E-state index contributed by atoms with van der Waals surface area (Å²) in [6.07, 6.45) is 1.87. The van der Waals surface area contributed by atoms with Crippen LogP contribution in [0.3, 0.4) is 0 Å². The molecule has 0 spiro atoms. The predicted octanol–water partition coefficient (Wildman–Crippen LogP) is 2.86. The van der Waals surface area contributed by atoms with Gasteiger partial charge in [-0.15, -0.1) is 11.8 Å². The molecule has 1 saturated heterocycles. The molecule has 1 aromatic carbocycles. The summed E-state index contributed by atoms with van der Waals surface area (Å²) in [5.41, 5.74) is 1.07. The lowest BCUT2D eigenvalue weighted by Gasteiger charge is -2.33. The van der Waals surface area contributed by atoms with E-state index in [2.05, 4.69) is 21.9 Å². The smallest absolute Gasteiger partial charge is 0.263 e. The first-order chi connectivity index (χ1) is 14.7. The van der Waals surface area contributed by atoms with Crippen molar-refractivity contribution in [3.05, 3.63) is 42.1 Å². The van der Waals surface area contributed by atoms with Crippen molar-refractivity contribution in [1.29, 1.82) is 0 Å². The van der Waals surface area contributed by atoms with Gasteiger partial charge < -0.3 is 10.2 Å². The van der Waals surface area contributed by atoms with Crippen LogP contribution in [0, 0.1) is 12.8 Å². The fourth-order valence-corrected chi connectivity index (χ4v) is 5.69. The molecular weight excluding hydrogens is 436 g/mol. The van der Waals surface area contributed by atoms with Crippen LogP contribution in [-0.4, -0.2) is 48.5 Å². The Kier molecular flexibility index (Phi) is 5.94. The van der Waals surface area contributed by atoms with Crippen LogP contribution in [0.25, 0.3) is 0 Å². The third-order valence-electron chi connectivity index (χ3n) is 5.45. The van der Waals surface area contributed by atoms with E-state index in [1.807, 2.05) is 0 Å². The minimum atomic E-state index is -3.88. The maximum atomic E-state index is 12.9. The molecule has 2 aliphatic heterocycles. The van der Waals surface area contributed by atoms with E-state index in [1.165, 1.54) is 12.1 Å². The molecule has 10 heteroatoms. The lowest BCUT2D eigenvalue weighted by atomic mass is 9.99. The number of nitrogens with one attached hydrogen (secondary N) is 2. The summed E-state index contributed by atoms with van der Waals surface area (Å²) in [6.45, 7) is 5.25. The van der Waals surface area contributed by atoms with Gasteiger partial charge in [-0.25, -0.2) is 13.4 Å². The molecule has 0 aliphatic carbocycles. The number of amides is 2. The molecule has 2 N–H and O–H groups in total. The average molecular weight is 461 g/mol. The van der Waals surface area contributed by atoms with Gasteiger partial charge in [-0.3, -0.25) is 14.3 Å². The molecule has 1 aromatic heterocycles. The minimum Gasteiger partial charge on any atom is -0.341 e. The highest BCUT2D eigenvalue weighted by molar-refractivity contribution is 8.01. The Hall–Kier alpha value is -2.59. The number of sulfonamides is 1. The fourth-order valence-electron chi connectivity index (χ4n) is 3.61. The third kappa shape index (κ3) is 4.69. The maximum absolute atomic E-state index is 12.9. The molecule has 2 amide bonds. The molecule has 2 aliphatic rings. The van der Waals surface area contributed by atoms with Crippen LogP contribution in [0.2, 0.25) is 0 Å². The highest BCUT2D eigenvalue weighted by atomic mass is 32.2. The van der Waals surface area contributed by atoms with Crippen molar-refractivity contribution in [2.75, 3.05) is 23.1 Å². The molecule has 31 heavy (non-hydrogen) atoms. The number of nitrogens with zero attached hydrogens (tertiary/aromatic N) is 2. The number of hydrogen-bond acceptors (Lipinski definition) is 6. The number of aryl methyl sites for hydroxylation is 1. The van der Waals surface area contributed by atoms with Crippen molar-refractivity contribution in [3.63, 3.8) is 0 Å². The van der Waals surface area contributed by atoms with Crippen molar-refractivity contribution >= 4 is 45.1 Å². The largest absolute Gasteiger partial charge is 0.341 e. The van der Waals surface area contributed by atoms with Gasteiger partial charge in [-0.05, 0) is 56.0 Å². The molecule has 1 atom stereocenters. The van der Waals surface area contributed by atoms with Crippen LogP contribution in [0.1, 0.15) is 25.5 Å². The summed E-state index contributed by atoms with van der Waals surface area (Å²) in [4.78, 5) is 32.1. The number of hydrogen-bond donors (Lipinski definition) is 2. The first-order valence-corrected chi connectivity index (χ1v) is 12.5. The zero-order chi connectivity index (χ0) is 22.2. The van der Waals surface area contributed by atoms with Gasteiger partial charge in [0.2, 0.25) is 11.8 Å². The molecule has 1 fully saturated rings. The summed E-state index contributed by atoms with van der Waals surface area (Å²) in [7, 11) is -3.88. The molecule has 4 rings (SSSR count). The van der Waals surface area contributed by atoms with Gasteiger partial charge in [0.15, 0.2) is 5.25 Å². The van der Waals surface area contributed by atoms with E-state index >= 15 is 0 Å². The number of thioether (sulfide) groups is 1. The number of pyridine rings is 1. The number of rotatable bonds is 4. The molecule has 2 aromatic rings. The second kappa shape index (κ2) is 8.51. The quantitative estimate of drug-likeness (QED) is 0.679. The summed E-state index contributed by atoms with van der Waals surface area (Å²) in [6, 6.07) is 9.54. The Morgan fingerprint density at radius 3 is 2.68 bits per heavy atom. The minimum absolute atomic E-state index is 0.00486. The predicted molar refractivity (Wildman–Crippen MR) is 119 cm³/mol. The molecule has 0 saturated carbocycles. The zero-order valence-corrected chi connectivity index (χ0v) is 18.9. The van der Waals surface area contributed by atoms with E-state index in [0.717, 1.165) is 24.6 Å². The van der Waals surface area contributed by atoms with Crippen molar-refractivity contribution < 1.29 is 18.0 Å². The molecular formula is C21H24N4O4S2. The molecule has 0 bridgehead atoms. The highest BCUT2D eigenvalue weighted by Crippen LogP contribution is 2.38. The topological polar surface area (TPSA) is 108 Å². The third-order valence-corrected chi connectivity index (χ3v) is 8.06. The number of benzene rings is 1. The Labute approximate surface area is 185 Å². The van der Waals surface area contributed by atoms with Gasteiger partial charge in [-0.2, -0.15) is 0 Å². The van der Waals surface area contributed by atoms with Crippen molar-refractivity contribution in [3.8, 4) is 0 Å². The second-order valence-electron chi connectivity index (χ2n) is 7.92. The van der Waals surface area contributed by atoms with Gasteiger partial charge in [0.05, 0.1) is 10.6 Å².